The Morgan fingerprint density at radius 3 is 2.37 bits per heavy atom. The normalized spacial score (nSPS) is 20.3. The third kappa shape index (κ3) is 6.39. The smallest absolute Gasteiger partial charge is 0.406 e. The minimum atomic E-state index is -4.78. The molecule has 12 heteroatoms. The van der Waals surface area contributed by atoms with E-state index in [9.17, 15) is 26.1 Å². The molecular weight excluding hydrogens is 507 g/mol. The molecule has 1 aromatic heterocycles. The average Bonchev–Trinajstić information content (AvgIpc) is 3.03. The molecular formula is C23H27ClF3N3O4S. The minimum absolute atomic E-state index is 0. The van der Waals surface area contributed by atoms with E-state index < -0.39 is 16.5 Å². The van der Waals surface area contributed by atoms with E-state index in [0.717, 1.165) is 19.3 Å². The fraction of sp³-hybridized carbons (Fsp3) is 0.435. The van der Waals surface area contributed by atoms with Gasteiger partial charge in [-0.15, -0.1) is 25.6 Å². The molecule has 2 N–H and O–H groups in total. The van der Waals surface area contributed by atoms with Crippen LogP contribution in [0.25, 0.3) is 11.0 Å². The number of nitrogens with zero attached hydrogens (tertiary/aromatic N) is 2. The van der Waals surface area contributed by atoms with Crippen molar-refractivity contribution in [2.45, 2.75) is 57.3 Å². The molecule has 1 fully saturated rings. The van der Waals surface area contributed by atoms with Crippen LogP contribution in [0.15, 0.2) is 47.4 Å². The second-order valence-corrected chi connectivity index (χ2v) is 11.1. The van der Waals surface area contributed by atoms with Gasteiger partial charge in [0.2, 0.25) is 5.95 Å². The van der Waals surface area contributed by atoms with Crippen molar-refractivity contribution in [3.05, 3.63) is 42.5 Å². The van der Waals surface area contributed by atoms with E-state index >= 15 is 0 Å². The SMILES string of the molecule is CC1CC(n2c(Nc3ccc(OC(F)(F)F)cc3)nc3cc(S(=O)(=O)O)ccc32)CC(C)(C)C1.Cl. The summed E-state index contributed by atoms with van der Waals surface area (Å²) in [5, 5.41) is 3.15. The Hall–Kier alpha value is -2.50. The summed E-state index contributed by atoms with van der Waals surface area (Å²) in [6, 6.07) is 9.61. The number of fused-ring (bicyclic) bond motifs is 1. The van der Waals surface area contributed by atoms with E-state index in [2.05, 4.69) is 35.8 Å². The van der Waals surface area contributed by atoms with Gasteiger partial charge in [0.05, 0.1) is 15.9 Å². The molecule has 0 bridgehead atoms. The molecule has 0 radical (unpaired) electrons. The summed E-state index contributed by atoms with van der Waals surface area (Å²) < 4.78 is 76.0. The topological polar surface area (TPSA) is 93.5 Å². The molecule has 35 heavy (non-hydrogen) atoms. The van der Waals surface area contributed by atoms with Crippen LogP contribution >= 0.6 is 12.4 Å². The molecule has 3 aromatic rings. The number of alkyl halides is 3. The first-order valence-corrected chi connectivity index (χ1v) is 12.3. The van der Waals surface area contributed by atoms with Crippen molar-refractivity contribution in [1.29, 1.82) is 0 Å². The molecule has 4 rings (SSSR count). The van der Waals surface area contributed by atoms with E-state index in [4.69, 9.17) is 0 Å². The van der Waals surface area contributed by atoms with Gasteiger partial charge in [0.1, 0.15) is 5.75 Å². The molecule has 1 saturated carbocycles. The lowest BCUT2D eigenvalue weighted by molar-refractivity contribution is -0.274. The molecule has 1 aliphatic carbocycles. The van der Waals surface area contributed by atoms with Crippen LogP contribution in [0.3, 0.4) is 0 Å². The van der Waals surface area contributed by atoms with Gasteiger partial charge in [0, 0.05) is 11.7 Å². The number of halogens is 4. The van der Waals surface area contributed by atoms with E-state index in [-0.39, 0.29) is 34.5 Å². The van der Waals surface area contributed by atoms with Crippen molar-refractivity contribution in [3.63, 3.8) is 0 Å². The van der Waals surface area contributed by atoms with Crippen LogP contribution in [0.4, 0.5) is 24.8 Å². The number of nitrogens with one attached hydrogen (secondary N) is 1. The van der Waals surface area contributed by atoms with Gasteiger partial charge in [-0.2, -0.15) is 8.42 Å². The number of hydrogen-bond acceptors (Lipinski definition) is 5. The highest BCUT2D eigenvalue weighted by molar-refractivity contribution is 7.85. The lowest BCUT2D eigenvalue weighted by Gasteiger charge is -2.40. The first kappa shape index (κ1) is 27.1. The zero-order valence-corrected chi connectivity index (χ0v) is 21.0. The predicted molar refractivity (Wildman–Crippen MR) is 129 cm³/mol. The summed E-state index contributed by atoms with van der Waals surface area (Å²) in [6.07, 6.45) is -1.94. The van der Waals surface area contributed by atoms with Crippen LogP contribution in [0.1, 0.15) is 46.1 Å². The summed E-state index contributed by atoms with van der Waals surface area (Å²) in [6.45, 7) is 6.60. The van der Waals surface area contributed by atoms with E-state index in [1.807, 2.05) is 4.57 Å². The lowest BCUT2D eigenvalue weighted by Crippen LogP contribution is -2.29. The second kappa shape index (κ2) is 9.51. The molecule has 2 atom stereocenters. The maximum atomic E-state index is 12.5. The van der Waals surface area contributed by atoms with Gasteiger partial charge in [-0.1, -0.05) is 20.8 Å². The first-order valence-electron chi connectivity index (χ1n) is 10.8. The van der Waals surface area contributed by atoms with Crippen LogP contribution < -0.4 is 10.1 Å². The number of ether oxygens (including phenoxy) is 1. The molecule has 0 aliphatic heterocycles. The number of imidazole rings is 1. The van der Waals surface area contributed by atoms with Crippen LogP contribution in [-0.4, -0.2) is 28.9 Å². The molecule has 0 amide bonds. The van der Waals surface area contributed by atoms with Crippen molar-refractivity contribution in [1.82, 2.24) is 9.55 Å². The monoisotopic (exact) mass is 533 g/mol. The highest BCUT2D eigenvalue weighted by Crippen LogP contribution is 2.46. The number of rotatable bonds is 5. The van der Waals surface area contributed by atoms with Gasteiger partial charge in [-0.05, 0) is 73.1 Å². The summed E-state index contributed by atoms with van der Waals surface area (Å²) >= 11 is 0. The molecule has 0 saturated heterocycles. The van der Waals surface area contributed by atoms with Gasteiger partial charge in [0.15, 0.2) is 0 Å². The van der Waals surface area contributed by atoms with Crippen LogP contribution in [0, 0.1) is 11.3 Å². The zero-order valence-electron chi connectivity index (χ0n) is 19.3. The molecule has 7 nitrogen and oxygen atoms in total. The van der Waals surface area contributed by atoms with E-state index in [0.29, 0.717) is 28.6 Å². The van der Waals surface area contributed by atoms with Crippen LogP contribution in [0.2, 0.25) is 0 Å². The van der Waals surface area contributed by atoms with E-state index in [1.54, 1.807) is 6.07 Å². The average molecular weight is 534 g/mol. The lowest BCUT2D eigenvalue weighted by atomic mass is 9.70. The van der Waals surface area contributed by atoms with Gasteiger partial charge in [0.25, 0.3) is 10.1 Å². The Bertz CT molecular complexity index is 1310. The summed E-state index contributed by atoms with van der Waals surface area (Å²) in [5.41, 5.74) is 1.65. The number of anilines is 2. The Labute approximate surface area is 207 Å². The highest BCUT2D eigenvalue weighted by Gasteiger charge is 2.35. The fourth-order valence-electron chi connectivity index (χ4n) is 5.06. The Morgan fingerprint density at radius 2 is 1.80 bits per heavy atom. The van der Waals surface area contributed by atoms with Crippen molar-refractivity contribution in [2.75, 3.05) is 5.32 Å². The van der Waals surface area contributed by atoms with Crippen molar-refractivity contribution in [2.24, 2.45) is 11.3 Å². The maximum Gasteiger partial charge on any atom is 0.573 e. The van der Waals surface area contributed by atoms with Crippen molar-refractivity contribution < 1.29 is 30.9 Å². The molecule has 192 valence electrons. The summed E-state index contributed by atoms with van der Waals surface area (Å²) in [7, 11) is -4.40. The van der Waals surface area contributed by atoms with Gasteiger partial charge < -0.3 is 14.6 Å². The number of aromatic nitrogens is 2. The highest BCUT2D eigenvalue weighted by atomic mass is 35.5. The molecule has 2 aromatic carbocycles. The predicted octanol–water partition coefficient (Wildman–Crippen LogP) is 6.73. The first-order chi connectivity index (χ1) is 15.7. The Morgan fingerprint density at radius 1 is 1.14 bits per heavy atom. The van der Waals surface area contributed by atoms with Crippen molar-refractivity contribution >= 4 is 45.2 Å². The van der Waals surface area contributed by atoms with E-state index in [1.165, 1.54) is 36.4 Å². The molecule has 0 spiro atoms. The quantitative estimate of drug-likeness (QED) is 0.353. The molecule has 1 aliphatic rings. The summed E-state index contributed by atoms with van der Waals surface area (Å²) in [5.74, 6) is 0.545. The third-order valence-electron chi connectivity index (χ3n) is 6.03. The van der Waals surface area contributed by atoms with Crippen LogP contribution in [-0.2, 0) is 10.1 Å². The van der Waals surface area contributed by atoms with Crippen LogP contribution in [0.5, 0.6) is 5.75 Å². The Balaban J connectivity index is 0.00000342. The van der Waals surface area contributed by atoms with Gasteiger partial charge >= 0.3 is 6.36 Å². The zero-order chi connectivity index (χ0) is 24.9. The number of hydrogen-bond donors (Lipinski definition) is 2. The summed E-state index contributed by atoms with van der Waals surface area (Å²) in [4.78, 5) is 4.32. The van der Waals surface area contributed by atoms with Gasteiger partial charge in [-0.3, -0.25) is 4.55 Å². The molecule has 1 heterocycles. The third-order valence-corrected chi connectivity index (χ3v) is 6.88. The largest absolute Gasteiger partial charge is 0.573 e. The minimum Gasteiger partial charge on any atom is -0.406 e. The van der Waals surface area contributed by atoms with Gasteiger partial charge in [-0.25, -0.2) is 4.98 Å². The fourth-order valence-corrected chi connectivity index (χ4v) is 5.56. The second-order valence-electron chi connectivity index (χ2n) is 9.70. The molecule has 2 unspecified atom stereocenters. The maximum absolute atomic E-state index is 12.5. The Kier molecular flexibility index (Phi) is 7.36. The number of benzene rings is 2. The standard InChI is InChI=1S/C23H26F3N3O4S.ClH/c1-14-10-16(13-22(2,3)12-14)29-20-9-8-18(34(30,31)32)11-19(20)28-21(29)27-15-4-6-17(7-5-15)33-23(24,25)26;/h4-9,11,14,16H,10,12-13H2,1-3H3,(H,27,28)(H,30,31,32);1H. The van der Waals surface area contributed by atoms with Crippen molar-refractivity contribution in [3.8, 4) is 5.75 Å².